The molecule has 14 heavy (non-hydrogen) atoms. The van der Waals surface area contributed by atoms with E-state index < -0.39 is 0 Å². The first-order valence-corrected chi connectivity index (χ1v) is 4.45. The highest BCUT2D eigenvalue weighted by Gasteiger charge is 1.99. The molecule has 4 heteroatoms. The zero-order valence-corrected chi connectivity index (χ0v) is 8.62. The second-order valence-electron chi connectivity index (χ2n) is 2.19. The van der Waals surface area contributed by atoms with Crippen LogP contribution in [0.3, 0.4) is 0 Å². The van der Waals surface area contributed by atoms with E-state index in [1.165, 1.54) is 0 Å². The number of aliphatic hydroxyl groups excluding tert-OH is 1. The molecule has 0 bridgehead atoms. The molecule has 0 aromatic heterocycles. The number of carbonyl (C=O) groups excluding carboxylic acids is 1. The molecular weight excluding hydrogens is 198 g/mol. The lowest BCUT2D eigenvalue weighted by Gasteiger charge is -1.89. The van der Waals surface area contributed by atoms with Gasteiger partial charge in [-0.3, -0.25) is 4.79 Å². The fourth-order valence-electron chi connectivity index (χ4n) is 0.687. The normalized spacial score (nSPS) is 7.86. The Morgan fingerprint density at radius 3 is 2.43 bits per heavy atom. The van der Waals surface area contributed by atoms with Gasteiger partial charge in [0.1, 0.15) is 0 Å². The van der Waals surface area contributed by atoms with Gasteiger partial charge >= 0.3 is 0 Å². The first kappa shape index (κ1) is 12.7. The third-order valence-electron chi connectivity index (χ3n) is 1.17. The lowest BCUT2D eigenvalue weighted by Crippen LogP contribution is -1.91. The van der Waals surface area contributed by atoms with Gasteiger partial charge in [0.2, 0.25) is 0 Å². The van der Waals surface area contributed by atoms with Crippen LogP contribution in [-0.4, -0.2) is 22.8 Å². The summed E-state index contributed by atoms with van der Waals surface area (Å²) in [6, 6.07) is 8.73. The SMILES string of the molecule is CCO.O=C(N=C=S)c1ccccc1. The summed E-state index contributed by atoms with van der Waals surface area (Å²) in [6.45, 7) is 1.93. The van der Waals surface area contributed by atoms with Crippen LogP contribution in [0.25, 0.3) is 0 Å². The Hall–Kier alpha value is -1.35. The number of isothiocyanates is 1. The van der Waals surface area contributed by atoms with Crippen molar-refractivity contribution in [1.82, 2.24) is 0 Å². The number of hydrogen-bond acceptors (Lipinski definition) is 3. The number of aliphatic hydroxyl groups is 1. The smallest absolute Gasteiger partial charge is 0.285 e. The molecule has 0 aliphatic carbocycles. The molecule has 1 aromatic carbocycles. The summed E-state index contributed by atoms with van der Waals surface area (Å²) in [5, 5.41) is 9.59. The Kier molecular flexibility index (Phi) is 7.46. The third kappa shape index (κ3) is 5.32. The minimum atomic E-state index is -0.347. The molecule has 0 atom stereocenters. The van der Waals surface area contributed by atoms with Crippen LogP contribution in [0.5, 0.6) is 0 Å². The monoisotopic (exact) mass is 209 g/mol. The number of rotatable bonds is 1. The number of hydrogen-bond donors (Lipinski definition) is 1. The first-order valence-electron chi connectivity index (χ1n) is 4.04. The number of aliphatic imine (C=N–C) groups is 1. The maximum absolute atomic E-state index is 10.9. The van der Waals surface area contributed by atoms with Crippen molar-refractivity contribution in [2.24, 2.45) is 4.99 Å². The third-order valence-corrected chi connectivity index (χ3v) is 1.26. The van der Waals surface area contributed by atoms with E-state index in [2.05, 4.69) is 17.2 Å². The standard InChI is InChI=1S/C8H5NOS.C2H6O/c10-8(9-6-11)7-4-2-1-3-5-7;1-2-3/h1-5H;3H,2H2,1H3. The minimum Gasteiger partial charge on any atom is -0.397 e. The molecule has 0 fully saturated rings. The van der Waals surface area contributed by atoms with Crippen molar-refractivity contribution >= 4 is 23.3 Å². The number of nitrogens with zero attached hydrogens (tertiary/aromatic N) is 1. The Balaban J connectivity index is 0.000000500. The van der Waals surface area contributed by atoms with Crippen LogP contribution in [0, 0.1) is 0 Å². The number of thiocarbonyl (C=S) groups is 1. The lowest BCUT2D eigenvalue weighted by atomic mass is 10.2. The van der Waals surface area contributed by atoms with E-state index >= 15 is 0 Å². The van der Waals surface area contributed by atoms with Gasteiger partial charge in [-0.1, -0.05) is 18.2 Å². The molecule has 0 heterocycles. The summed E-state index contributed by atoms with van der Waals surface area (Å²) in [5.41, 5.74) is 0.532. The van der Waals surface area contributed by atoms with Crippen LogP contribution in [-0.2, 0) is 0 Å². The molecule has 0 saturated heterocycles. The molecular formula is C10H11NO2S. The van der Waals surface area contributed by atoms with Crippen molar-refractivity contribution in [1.29, 1.82) is 0 Å². The highest BCUT2D eigenvalue weighted by atomic mass is 32.1. The molecule has 1 N–H and O–H groups in total. The molecule has 1 amide bonds. The van der Waals surface area contributed by atoms with Gasteiger partial charge in [-0.2, -0.15) is 4.99 Å². The summed E-state index contributed by atoms with van der Waals surface area (Å²) >= 11 is 4.29. The minimum absolute atomic E-state index is 0.250. The second kappa shape index (κ2) is 8.26. The predicted molar refractivity (Wildman–Crippen MR) is 58.6 cm³/mol. The Morgan fingerprint density at radius 2 is 2.00 bits per heavy atom. The molecule has 0 unspecified atom stereocenters. The van der Waals surface area contributed by atoms with Crippen molar-refractivity contribution in [2.75, 3.05) is 6.61 Å². The first-order chi connectivity index (χ1) is 6.76. The maximum atomic E-state index is 10.9. The highest BCUT2D eigenvalue weighted by molar-refractivity contribution is 7.78. The van der Waals surface area contributed by atoms with Crippen LogP contribution >= 0.6 is 12.2 Å². The van der Waals surface area contributed by atoms with Crippen molar-refractivity contribution in [3.8, 4) is 0 Å². The van der Waals surface area contributed by atoms with E-state index in [1.54, 1.807) is 31.2 Å². The second-order valence-corrected chi connectivity index (χ2v) is 2.37. The van der Waals surface area contributed by atoms with Gasteiger partial charge in [-0.25, -0.2) is 0 Å². The number of carbonyl (C=O) groups is 1. The van der Waals surface area contributed by atoms with Gasteiger partial charge < -0.3 is 5.11 Å². The van der Waals surface area contributed by atoms with Gasteiger partial charge in [0.15, 0.2) is 0 Å². The van der Waals surface area contributed by atoms with E-state index in [0.717, 1.165) is 0 Å². The quantitative estimate of drug-likeness (QED) is 0.568. The Morgan fingerprint density at radius 1 is 1.50 bits per heavy atom. The van der Waals surface area contributed by atoms with E-state index in [4.69, 9.17) is 5.11 Å². The topological polar surface area (TPSA) is 49.7 Å². The number of benzene rings is 1. The summed E-state index contributed by atoms with van der Waals surface area (Å²) < 4.78 is 0. The van der Waals surface area contributed by atoms with Gasteiger partial charge in [-0.15, -0.1) is 0 Å². The molecule has 0 spiro atoms. The van der Waals surface area contributed by atoms with Crippen LogP contribution < -0.4 is 0 Å². The molecule has 3 nitrogen and oxygen atoms in total. The van der Waals surface area contributed by atoms with E-state index in [0.29, 0.717) is 5.56 Å². The average molecular weight is 209 g/mol. The maximum Gasteiger partial charge on any atom is 0.285 e. The Bertz CT molecular complexity index is 318. The zero-order chi connectivity index (χ0) is 10.8. The van der Waals surface area contributed by atoms with Gasteiger partial charge in [-0.05, 0) is 31.3 Å². The van der Waals surface area contributed by atoms with Gasteiger partial charge in [0.25, 0.3) is 5.91 Å². The van der Waals surface area contributed by atoms with Crippen molar-refractivity contribution in [3.05, 3.63) is 35.9 Å². The van der Waals surface area contributed by atoms with Crippen LogP contribution in [0.2, 0.25) is 0 Å². The summed E-state index contributed by atoms with van der Waals surface area (Å²) in [7, 11) is 0. The Labute approximate surface area is 88.1 Å². The largest absolute Gasteiger partial charge is 0.397 e. The summed E-state index contributed by atoms with van der Waals surface area (Å²) in [6.07, 6.45) is 0. The molecule has 0 aliphatic heterocycles. The lowest BCUT2D eigenvalue weighted by molar-refractivity contribution is 0.100. The molecule has 0 aliphatic rings. The molecule has 0 radical (unpaired) electrons. The number of amides is 1. The molecule has 1 aromatic rings. The fraction of sp³-hybridized carbons (Fsp3) is 0.200. The van der Waals surface area contributed by atoms with E-state index in [-0.39, 0.29) is 12.5 Å². The predicted octanol–water partition coefficient (Wildman–Crippen LogP) is 1.93. The van der Waals surface area contributed by atoms with E-state index in [1.807, 2.05) is 11.2 Å². The molecule has 0 saturated carbocycles. The fourth-order valence-corrected chi connectivity index (χ4v) is 0.770. The van der Waals surface area contributed by atoms with Crippen LogP contribution in [0.15, 0.2) is 35.3 Å². The van der Waals surface area contributed by atoms with Crippen molar-refractivity contribution in [3.63, 3.8) is 0 Å². The van der Waals surface area contributed by atoms with Crippen LogP contribution in [0.1, 0.15) is 17.3 Å². The van der Waals surface area contributed by atoms with Gasteiger partial charge in [0, 0.05) is 12.2 Å². The van der Waals surface area contributed by atoms with Crippen LogP contribution in [0.4, 0.5) is 0 Å². The average Bonchev–Trinajstić information content (AvgIpc) is 2.21. The van der Waals surface area contributed by atoms with Gasteiger partial charge in [0.05, 0.1) is 5.16 Å². The zero-order valence-electron chi connectivity index (χ0n) is 7.80. The van der Waals surface area contributed by atoms with Crippen molar-refractivity contribution in [2.45, 2.75) is 6.92 Å². The summed E-state index contributed by atoms with van der Waals surface area (Å²) in [4.78, 5) is 14.3. The van der Waals surface area contributed by atoms with E-state index in [9.17, 15) is 4.79 Å². The molecule has 1 rings (SSSR count). The summed E-state index contributed by atoms with van der Waals surface area (Å²) in [5.74, 6) is -0.347. The van der Waals surface area contributed by atoms with Crippen molar-refractivity contribution < 1.29 is 9.90 Å². The highest BCUT2D eigenvalue weighted by Crippen LogP contribution is 1.99. The molecule has 74 valence electrons.